The van der Waals surface area contributed by atoms with Crippen LogP contribution in [0.3, 0.4) is 0 Å². The first-order valence-electron chi connectivity index (χ1n) is 7.60. The molecule has 0 spiro atoms. The van der Waals surface area contributed by atoms with Gasteiger partial charge in [-0.3, -0.25) is 4.79 Å². The summed E-state index contributed by atoms with van der Waals surface area (Å²) in [6, 6.07) is 14.7. The normalized spacial score (nSPS) is 11.2. The quantitative estimate of drug-likeness (QED) is 0.441. The number of carbonyl (C=O) groups excluding carboxylic acids is 1. The van der Waals surface area contributed by atoms with Crippen LogP contribution >= 0.6 is 11.3 Å². The van der Waals surface area contributed by atoms with Gasteiger partial charge in [-0.05, 0) is 41.1 Å². The maximum Gasteiger partial charge on any atom is 0.272 e. The van der Waals surface area contributed by atoms with Gasteiger partial charge in [0.2, 0.25) is 0 Å². The van der Waals surface area contributed by atoms with Gasteiger partial charge in [0, 0.05) is 10.9 Å². The predicted molar refractivity (Wildman–Crippen MR) is 98.8 cm³/mol. The number of hydrogen-bond donors (Lipinski definition) is 1. The predicted octanol–water partition coefficient (Wildman–Crippen LogP) is 4.32. The highest BCUT2D eigenvalue weighted by molar-refractivity contribution is 7.08. The number of thiophene rings is 1. The van der Waals surface area contributed by atoms with Crippen LogP contribution in [0.4, 0.5) is 0 Å². The Morgan fingerprint density at radius 2 is 2.12 bits per heavy atom. The van der Waals surface area contributed by atoms with E-state index in [-0.39, 0.29) is 5.91 Å². The van der Waals surface area contributed by atoms with E-state index in [0.717, 1.165) is 16.5 Å². The lowest BCUT2D eigenvalue weighted by atomic mass is 10.1. The molecule has 0 radical (unpaired) electrons. The molecule has 0 aliphatic rings. The van der Waals surface area contributed by atoms with Crippen molar-refractivity contribution >= 4 is 34.4 Å². The second kappa shape index (κ2) is 6.70. The number of hydrogen-bond acceptors (Lipinski definition) is 5. The molecule has 4 aromatic rings. The van der Waals surface area contributed by atoms with Crippen LogP contribution in [0.15, 0.2) is 75.1 Å². The smallest absolute Gasteiger partial charge is 0.272 e. The van der Waals surface area contributed by atoms with Crippen molar-refractivity contribution in [3.05, 3.63) is 76.7 Å². The van der Waals surface area contributed by atoms with Crippen molar-refractivity contribution < 1.29 is 9.21 Å². The second-order valence-electron chi connectivity index (χ2n) is 5.31. The minimum Gasteiger partial charge on any atom is -0.463 e. The zero-order valence-corrected chi connectivity index (χ0v) is 13.9. The number of amides is 1. The molecular weight excluding hydrogens is 334 g/mol. The number of fused-ring (bicyclic) bond motifs is 1. The minimum absolute atomic E-state index is 0.294. The van der Waals surface area contributed by atoms with Crippen molar-refractivity contribution in [3.63, 3.8) is 0 Å². The van der Waals surface area contributed by atoms with Gasteiger partial charge in [0.1, 0.15) is 5.69 Å². The van der Waals surface area contributed by atoms with Gasteiger partial charge in [0.15, 0.2) is 5.76 Å². The summed E-state index contributed by atoms with van der Waals surface area (Å²) in [7, 11) is 0. The van der Waals surface area contributed by atoms with Crippen LogP contribution in [0.5, 0.6) is 0 Å². The Morgan fingerprint density at radius 3 is 2.92 bits per heavy atom. The van der Waals surface area contributed by atoms with Crippen LogP contribution in [-0.4, -0.2) is 17.1 Å². The minimum atomic E-state index is -0.294. The maximum absolute atomic E-state index is 12.6. The summed E-state index contributed by atoms with van der Waals surface area (Å²) in [6.07, 6.45) is 3.20. The molecule has 25 heavy (non-hydrogen) atoms. The topological polar surface area (TPSA) is 67.5 Å². The van der Waals surface area contributed by atoms with Crippen LogP contribution in [0.1, 0.15) is 15.9 Å². The third-order valence-electron chi connectivity index (χ3n) is 3.66. The Kier molecular flexibility index (Phi) is 4.10. The SMILES string of the molecule is O=C(N/N=C\c1ccsc1)c1cc(-c2ccco2)nc2ccccc12. The van der Waals surface area contributed by atoms with E-state index in [1.54, 1.807) is 35.9 Å². The fourth-order valence-electron chi connectivity index (χ4n) is 2.49. The van der Waals surface area contributed by atoms with E-state index in [1.165, 1.54) is 0 Å². The lowest BCUT2D eigenvalue weighted by Crippen LogP contribution is -2.18. The van der Waals surface area contributed by atoms with Crippen molar-refractivity contribution in [3.8, 4) is 11.5 Å². The molecule has 6 heteroatoms. The summed E-state index contributed by atoms with van der Waals surface area (Å²) in [5.41, 5.74) is 5.36. The molecule has 1 amide bonds. The number of benzene rings is 1. The van der Waals surface area contributed by atoms with Crippen LogP contribution in [0.2, 0.25) is 0 Å². The zero-order chi connectivity index (χ0) is 17.1. The first-order valence-corrected chi connectivity index (χ1v) is 8.55. The molecule has 3 heterocycles. The molecule has 4 rings (SSSR count). The van der Waals surface area contributed by atoms with Gasteiger partial charge in [0.25, 0.3) is 5.91 Å². The molecule has 0 atom stereocenters. The summed E-state index contributed by atoms with van der Waals surface area (Å²) in [6.45, 7) is 0. The highest BCUT2D eigenvalue weighted by Crippen LogP contribution is 2.25. The van der Waals surface area contributed by atoms with E-state index in [0.29, 0.717) is 17.0 Å². The summed E-state index contributed by atoms with van der Waals surface area (Å²) >= 11 is 1.57. The Morgan fingerprint density at radius 1 is 1.20 bits per heavy atom. The number of para-hydroxylation sites is 1. The molecule has 0 saturated heterocycles. The third-order valence-corrected chi connectivity index (χ3v) is 4.36. The van der Waals surface area contributed by atoms with Crippen molar-refractivity contribution in [2.24, 2.45) is 5.10 Å². The number of pyridine rings is 1. The van der Waals surface area contributed by atoms with Gasteiger partial charge >= 0.3 is 0 Å². The molecule has 0 aliphatic heterocycles. The van der Waals surface area contributed by atoms with Gasteiger partial charge in [-0.25, -0.2) is 10.4 Å². The van der Waals surface area contributed by atoms with Crippen LogP contribution in [-0.2, 0) is 0 Å². The van der Waals surface area contributed by atoms with E-state index in [2.05, 4.69) is 15.5 Å². The maximum atomic E-state index is 12.6. The molecular formula is C19H13N3O2S. The number of nitrogens with zero attached hydrogens (tertiary/aromatic N) is 2. The number of furan rings is 1. The third kappa shape index (κ3) is 3.20. The molecule has 5 nitrogen and oxygen atoms in total. The largest absolute Gasteiger partial charge is 0.463 e. The highest BCUT2D eigenvalue weighted by atomic mass is 32.1. The van der Waals surface area contributed by atoms with Crippen molar-refractivity contribution in [2.45, 2.75) is 0 Å². The van der Waals surface area contributed by atoms with Crippen LogP contribution < -0.4 is 5.43 Å². The zero-order valence-electron chi connectivity index (χ0n) is 13.0. The lowest BCUT2D eigenvalue weighted by Gasteiger charge is -2.07. The lowest BCUT2D eigenvalue weighted by molar-refractivity contribution is 0.0957. The average molecular weight is 347 g/mol. The van der Waals surface area contributed by atoms with E-state index >= 15 is 0 Å². The highest BCUT2D eigenvalue weighted by Gasteiger charge is 2.14. The number of nitrogens with one attached hydrogen (secondary N) is 1. The Hall–Kier alpha value is -3.25. The van der Waals surface area contributed by atoms with E-state index in [9.17, 15) is 4.79 Å². The Bertz CT molecular complexity index is 1040. The van der Waals surface area contributed by atoms with Gasteiger partial charge in [-0.1, -0.05) is 18.2 Å². The van der Waals surface area contributed by atoms with Crippen molar-refractivity contribution in [2.75, 3.05) is 0 Å². The van der Waals surface area contributed by atoms with Crippen LogP contribution in [0.25, 0.3) is 22.4 Å². The summed E-state index contributed by atoms with van der Waals surface area (Å²) in [5, 5.41) is 8.70. The number of aromatic nitrogens is 1. The molecule has 0 unspecified atom stereocenters. The van der Waals surface area contributed by atoms with Gasteiger partial charge in [0.05, 0.1) is 23.6 Å². The summed E-state index contributed by atoms with van der Waals surface area (Å²) in [5.74, 6) is 0.319. The van der Waals surface area contributed by atoms with Crippen molar-refractivity contribution in [1.82, 2.24) is 10.4 Å². The molecule has 0 bridgehead atoms. The Labute approximate surface area is 147 Å². The fraction of sp³-hybridized carbons (Fsp3) is 0. The molecule has 0 fully saturated rings. The molecule has 1 aromatic carbocycles. The summed E-state index contributed by atoms with van der Waals surface area (Å²) < 4.78 is 5.41. The monoisotopic (exact) mass is 347 g/mol. The molecule has 122 valence electrons. The van der Waals surface area contributed by atoms with Crippen molar-refractivity contribution in [1.29, 1.82) is 0 Å². The number of hydrazone groups is 1. The molecule has 3 aromatic heterocycles. The fourth-order valence-corrected chi connectivity index (χ4v) is 3.10. The van der Waals surface area contributed by atoms with E-state index < -0.39 is 0 Å². The van der Waals surface area contributed by atoms with Gasteiger partial charge < -0.3 is 4.42 Å². The Balaban J connectivity index is 1.70. The van der Waals surface area contributed by atoms with Crippen LogP contribution in [0, 0.1) is 0 Å². The average Bonchev–Trinajstić information content (AvgIpc) is 3.34. The standard InChI is InChI=1S/C19H13N3O2S/c23-19(22-20-11-13-7-9-25-12-13)15-10-17(18-6-3-8-24-18)21-16-5-2-1-4-14(15)16/h1-12H,(H,22,23)/b20-11-. The second-order valence-corrected chi connectivity index (χ2v) is 6.09. The molecule has 0 aliphatic carbocycles. The number of rotatable bonds is 4. The number of carbonyl (C=O) groups is 1. The van der Waals surface area contributed by atoms with E-state index in [4.69, 9.17) is 4.42 Å². The van der Waals surface area contributed by atoms with E-state index in [1.807, 2.05) is 47.2 Å². The van der Waals surface area contributed by atoms with Gasteiger partial charge in [-0.2, -0.15) is 16.4 Å². The first kappa shape index (κ1) is 15.3. The molecule has 1 N–H and O–H groups in total. The molecule has 0 saturated carbocycles. The first-order chi connectivity index (χ1) is 12.3. The summed E-state index contributed by atoms with van der Waals surface area (Å²) in [4.78, 5) is 17.2. The van der Waals surface area contributed by atoms with Gasteiger partial charge in [-0.15, -0.1) is 0 Å².